The van der Waals surface area contributed by atoms with E-state index < -0.39 is 0 Å². The molecule has 48 heavy (non-hydrogen) atoms. The Bertz CT molecular complexity index is 2340. The SMILES string of the molecule is Cc1ccnc(N2c3[c-]c(Oc4[c-]c(-n5[c](=[Pt])n(C)c6ccccc65)ccc4)ccc3Cc3cc4c(cc32)C(C)(C)C(C)(C)C4(C)C)c1. The summed E-state index contributed by atoms with van der Waals surface area (Å²) in [7, 11) is 2.09. The van der Waals surface area contributed by atoms with Crippen LogP contribution in [0.3, 0.4) is 0 Å². The van der Waals surface area contributed by atoms with E-state index >= 15 is 0 Å². The molecule has 5 nitrogen and oxygen atoms in total. The first-order valence-corrected chi connectivity index (χ1v) is 17.7. The van der Waals surface area contributed by atoms with Crippen LogP contribution in [-0.2, 0) is 43.7 Å². The first-order valence-electron chi connectivity index (χ1n) is 16.6. The average Bonchev–Trinajstić information content (AvgIpc) is 3.36. The van der Waals surface area contributed by atoms with Crippen molar-refractivity contribution >= 4 is 28.2 Å². The molecular weight excluding hydrogens is 772 g/mol. The van der Waals surface area contributed by atoms with Crippen LogP contribution in [0.2, 0.25) is 0 Å². The van der Waals surface area contributed by atoms with E-state index in [4.69, 9.17) is 9.72 Å². The van der Waals surface area contributed by atoms with Crippen LogP contribution in [0, 0.1) is 28.3 Å². The van der Waals surface area contributed by atoms with Crippen LogP contribution >= 0.6 is 0 Å². The monoisotopic (exact) mass is 811 g/mol. The molecule has 4 aromatic carbocycles. The smallest absolute Gasteiger partial charge is 0.0582 e. The minimum Gasteiger partial charge on any atom is -0.0582 e. The molecule has 3 heterocycles. The minimum absolute atomic E-state index is 0.0116. The molecule has 2 aliphatic rings. The van der Waals surface area contributed by atoms with Gasteiger partial charge in [0.2, 0.25) is 0 Å². The predicted octanol–water partition coefficient (Wildman–Crippen LogP) is 10.1. The van der Waals surface area contributed by atoms with Crippen molar-refractivity contribution in [1.82, 2.24) is 14.1 Å². The van der Waals surface area contributed by atoms with Crippen LogP contribution in [0.4, 0.5) is 17.2 Å². The molecule has 246 valence electrons. The Morgan fingerprint density at radius 1 is 0.771 bits per heavy atom. The summed E-state index contributed by atoms with van der Waals surface area (Å²) in [6.07, 6.45) is 2.72. The number of hydrogen-bond donors (Lipinski definition) is 0. The summed E-state index contributed by atoms with van der Waals surface area (Å²) in [6, 6.07) is 35.0. The summed E-state index contributed by atoms with van der Waals surface area (Å²) >= 11 is 2.37. The zero-order valence-corrected chi connectivity index (χ0v) is 31.1. The van der Waals surface area contributed by atoms with Gasteiger partial charge in [-0.05, 0) is 45.9 Å². The van der Waals surface area contributed by atoms with Gasteiger partial charge in [-0.2, -0.15) is 0 Å². The molecule has 0 unspecified atom stereocenters. The molecule has 0 atom stereocenters. The van der Waals surface area contributed by atoms with Gasteiger partial charge in [0.05, 0.1) is 0 Å². The number of rotatable bonds is 4. The van der Waals surface area contributed by atoms with Gasteiger partial charge in [0.1, 0.15) is 0 Å². The maximum atomic E-state index is 6.54. The normalized spacial score (nSPS) is 16.8. The number of hydrogen-bond acceptors (Lipinski definition) is 3. The first-order chi connectivity index (χ1) is 22.8. The number of anilines is 3. The second-order valence-corrected chi connectivity index (χ2v) is 15.9. The number of pyridine rings is 1. The molecular formula is C42H40N4OPt-2. The number of benzene rings is 4. The number of aryl methyl sites for hydroxylation is 2. The van der Waals surface area contributed by atoms with Crippen LogP contribution < -0.4 is 9.64 Å². The quantitative estimate of drug-likeness (QED) is 0.166. The van der Waals surface area contributed by atoms with Crippen LogP contribution in [-0.4, -0.2) is 14.1 Å². The second-order valence-electron chi connectivity index (χ2n) is 14.9. The van der Waals surface area contributed by atoms with Crippen molar-refractivity contribution < 1.29 is 24.1 Å². The van der Waals surface area contributed by atoms with Crippen LogP contribution in [0.5, 0.6) is 11.5 Å². The number of ether oxygens (including phenoxy) is 1. The Morgan fingerprint density at radius 3 is 2.23 bits per heavy atom. The van der Waals surface area contributed by atoms with Gasteiger partial charge in [-0.1, -0.05) is 47.6 Å². The third-order valence-corrected chi connectivity index (χ3v) is 13.0. The van der Waals surface area contributed by atoms with E-state index in [1.807, 2.05) is 30.5 Å². The van der Waals surface area contributed by atoms with Gasteiger partial charge in [-0.25, -0.2) is 0 Å². The Labute approximate surface area is 294 Å². The molecule has 0 N–H and O–H groups in total. The molecule has 1 aliphatic carbocycles. The van der Waals surface area contributed by atoms with Crippen molar-refractivity contribution in [2.75, 3.05) is 4.90 Å². The Morgan fingerprint density at radius 2 is 1.48 bits per heavy atom. The van der Waals surface area contributed by atoms with Gasteiger partial charge in [0, 0.05) is 6.20 Å². The van der Waals surface area contributed by atoms with E-state index in [0.717, 1.165) is 44.0 Å². The summed E-state index contributed by atoms with van der Waals surface area (Å²) in [6.45, 7) is 16.6. The molecule has 6 heteroatoms. The van der Waals surface area contributed by atoms with E-state index in [2.05, 4.69) is 156 Å². The fourth-order valence-corrected chi connectivity index (χ4v) is 8.63. The predicted molar refractivity (Wildman–Crippen MR) is 190 cm³/mol. The number of fused-ring (bicyclic) bond motifs is 4. The third kappa shape index (κ3) is 4.39. The summed E-state index contributed by atoms with van der Waals surface area (Å²) in [4.78, 5) is 7.18. The molecule has 0 bridgehead atoms. The molecule has 0 spiro atoms. The van der Waals surface area contributed by atoms with Gasteiger partial charge in [-0.15, -0.1) is 0 Å². The summed E-state index contributed by atoms with van der Waals surface area (Å²) in [5.41, 5.74) is 12.0. The van der Waals surface area contributed by atoms with Crippen molar-refractivity contribution in [1.29, 1.82) is 0 Å². The molecule has 1 aliphatic heterocycles. The van der Waals surface area contributed by atoms with E-state index in [9.17, 15) is 0 Å². The zero-order valence-electron chi connectivity index (χ0n) is 28.8. The van der Waals surface area contributed by atoms with Gasteiger partial charge in [0.15, 0.2) is 0 Å². The fraction of sp³-hybridized carbons (Fsp3) is 0.286. The Balaban J connectivity index is 1.23. The van der Waals surface area contributed by atoms with Crippen LogP contribution in [0.1, 0.15) is 69.4 Å². The average molecular weight is 812 g/mol. The maximum absolute atomic E-state index is 6.54. The number of nitrogens with zero attached hydrogens (tertiary/aromatic N) is 4. The number of imidazole rings is 1. The standard InChI is InChI=1S/C42H40N4O.Pt/c1-27-18-19-43-39(20-27)46-37-24-32(47-31-13-11-12-30(23-31)45-26-44(8)35-14-9-10-15-36(35)45)17-16-28(37)21-29-22-33-34(25-38(29)46)41(4,5)42(6,7)40(33,2)3;/h9-20,22,25H,21H2,1-8H3;/q-2;. The summed E-state index contributed by atoms with van der Waals surface area (Å²) in [5, 5.41) is 0. The van der Waals surface area contributed by atoms with E-state index in [1.54, 1.807) is 0 Å². The zero-order chi connectivity index (χ0) is 33.7. The molecule has 0 saturated heterocycles. The van der Waals surface area contributed by atoms with Crippen molar-refractivity contribution in [3.05, 3.63) is 129 Å². The van der Waals surface area contributed by atoms with Gasteiger partial charge < -0.3 is 0 Å². The van der Waals surface area contributed by atoms with Crippen molar-refractivity contribution in [3.63, 3.8) is 0 Å². The second kappa shape index (κ2) is 10.6. The van der Waals surface area contributed by atoms with Crippen molar-refractivity contribution in [2.45, 2.75) is 65.7 Å². The minimum atomic E-state index is -0.0116. The van der Waals surface area contributed by atoms with Crippen LogP contribution in [0.25, 0.3) is 16.7 Å². The summed E-state index contributed by atoms with van der Waals surface area (Å²) in [5.74, 6) is 2.17. The molecule has 0 radical (unpaired) electrons. The van der Waals surface area contributed by atoms with Gasteiger partial charge in [-0.3, -0.25) is 0 Å². The van der Waals surface area contributed by atoms with E-state index in [-0.39, 0.29) is 16.2 Å². The molecule has 2 aromatic heterocycles. The third-order valence-electron chi connectivity index (χ3n) is 11.8. The van der Waals surface area contributed by atoms with E-state index in [0.29, 0.717) is 11.5 Å². The Hall–Kier alpha value is -4.21. The molecule has 6 aromatic rings. The first kappa shape index (κ1) is 31.1. The van der Waals surface area contributed by atoms with Crippen LogP contribution in [0.15, 0.2) is 85.1 Å². The topological polar surface area (TPSA) is 35.2 Å². The van der Waals surface area contributed by atoms with E-state index in [1.165, 1.54) is 27.9 Å². The molecule has 0 fully saturated rings. The van der Waals surface area contributed by atoms with Crippen molar-refractivity contribution in [2.24, 2.45) is 12.5 Å². The molecule has 0 saturated carbocycles. The number of para-hydroxylation sites is 2. The molecule has 0 amide bonds. The Kier molecular flexibility index (Phi) is 6.89. The fourth-order valence-electron chi connectivity index (χ4n) is 7.81. The van der Waals surface area contributed by atoms with Gasteiger partial charge in [0.25, 0.3) is 0 Å². The summed E-state index contributed by atoms with van der Waals surface area (Å²) < 4.78 is 12.0. The van der Waals surface area contributed by atoms with Gasteiger partial charge >= 0.3 is 196 Å². The molecule has 8 rings (SSSR count). The van der Waals surface area contributed by atoms with Crippen molar-refractivity contribution in [3.8, 4) is 17.2 Å². The number of aromatic nitrogens is 3.